The van der Waals surface area contributed by atoms with Gasteiger partial charge >= 0.3 is 0 Å². The maximum Gasteiger partial charge on any atom is 0.266 e. The SMILES string of the molecule is CCN1C(=O)/C(=C/c2ccc(N3CCCC3)c(F)c2)SC1=S. The van der Waals surface area contributed by atoms with E-state index in [-0.39, 0.29) is 11.7 Å². The van der Waals surface area contributed by atoms with Crippen molar-refractivity contribution in [2.75, 3.05) is 24.5 Å². The molecule has 1 aromatic carbocycles. The van der Waals surface area contributed by atoms with Gasteiger partial charge in [-0.15, -0.1) is 0 Å². The normalized spacial score (nSPS) is 20.5. The number of nitrogens with zero attached hydrogens (tertiary/aromatic N) is 2. The molecule has 0 aromatic heterocycles. The summed E-state index contributed by atoms with van der Waals surface area (Å²) in [6.07, 6.45) is 3.94. The minimum Gasteiger partial charge on any atom is -0.369 e. The van der Waals surface area contributed by atoms with Crippen LogP contribution < -0.4 is 4.90 Å². The number of carbonyl (C=O) groups is 1. The zero-order valence-corrected chi connectivity index (χ0v) is 14.0. The molecule has 2 aliphatic heterocycles. The smallest absolute Gasteiger partial charge is 0.266 e. The maximum atomic E-state index is 14.3. The van der Waals surface area contributed by atoms with E-state index < -0.39 is 0 Å². The third-order valence-corrected chi connectivity index (χ3v) is 5.28. The summed E-state index contributed by atoms with van der Waals surface area (Å²) in [4.78, 5) is 16.3. The molecule has 3 nitrogen and oxygen atoms in total. The second-order valence-electron chi connectivity index (χ2n) is 5.33. The lowest BCUT2D eigenvalue weighted by atomic mass is 10.1. The Labute approximate surface area is 139 Å². The number of hydrogen-bond donors (Lipinski definition) is 0. The highest BCUT2D eigenvalue weighted by Crippen LogP contribution is 2.33. The molecule has 1 amide bonds. The zero-order chi connectivity index (χ0) is 15.7. The Balaban J connectivity index is 1.84. The zero-order valence-electron chi connectivity index (χ0n) is 12.3. The van der Waals surface area contributed by atoms with Crippen LogP contribution >= 0.6 is 24.0 Å². The number of hydrogen-bond acceptors (Lipinski definition) is 4. The van der Waals surface area contributed by atoms with Gasteiger partial charge in [0.1, 0.15) is 10.1 Å². The van der Waals surface area contributed by atoms with Crippen LogP contribution in [-0.2, 0) is 4.79 Å². The van der Waals surface area contributed by atoms with Crippen molar-refractivity contribution >= 4 is 46.0 Å². The average molecular weight is 336 g/mol. The van der Waals surface area contributed by atoms with E-state index in [9.17, 15) is 9.18 Å². The molecule has 0 bridgehead atoms. The largest absolute Gasteiger partial charge is 0.369 e. The van der Waals surface area contributed by atoms with Crippen molar-refractivity contribution in [3.63, 3.8) is 0 Å². The second kappa shape index (κ2) is 6.38. The lowest BCUT2D eigenvalue weighted by Crippen LogP contribution is -2.27. The number of amides is 1. The predicted molar refractivity (Wildman–Crippen MR) is 93.4 cm³/mol. The third kappa shape index (κ3) is 2.90. The van der Waals surface area contributed by atoms with E-state index in [1.807, 2.05) is 13.0 Å². The van der Waals surface area contributed by atoms with Crippen LogP contribution in [0.5, 0.6) is 0 Å². The van der Waals surface area contributed by atoms with Gasteiger partial charge < -0.3 is 4.90 Å². The molecule has 22 heavy (non-hydrogen) atoms. The first-order chi connectivity index (χ1) is 10.6. The molecule has 2 aliphatic rings. The minimum absolute atomic E-state index is 0.0958. The number of benzene rings is 1. The van der Waals surface area contributed by atoms with Crippen molar-refractivity contribution in [3.8, 4) is 0 Å². The van der Waals surface area contributed by atoms with E-state index in [2.05, 4.69) is 4.90 Å². The van der Waals surface area contributed by atoms with Gasteiger partial charge in [0.05, 0.1) is 10.6 Å². The van der Waals surface area contributed by atoms with Gasteiger partial charge in [0.2, 0.25) is 0 Å². The van der Waals surface area contributed by atoms with Gasteiger partial charge in [0, 0.05) is 19.6 Å². The average Bonchev–Trinajstić information content (AvgIpc) is 3.09. The van der Waals surface area contributed by atoms with E-state index in [1.165, 1.54) is 17.8 Å². The number of halogens is 1. The van der Waals surface area contributed by atoms with Gasteiger partial charge in [-0.05, 0) is 43.5 Å². The molecule has 3 rings (SSSR count). The van der Waals surface area contributed by atoms with Gasteiger partial charge in [-0.3, -0.25) is 9.69 Å². The van der Waals surface area contributed by atoms with Crippen LogP contribution in [0.25, 0.3) is 6.08 Å². The van der Waals surface area contributed by atoms with E-state index in [0.717, 1.165) is 25.9 Å². The molecule has 2 saturated heterocycles. The topological polar surface area (TPSA) is 23.6 Å². The number of thiocarbonyl (C=S) groups is 1. The Morgan fingerprint density at radius 3 is 2.68 bits per heavy atom. The fourth-order valence-electron chi connectivity index (χ4n) is 2.75. The lowest BCUT2D eigenvalue weighted by molar-refractivity contribution is -0.121. The fourth-order valence-corrected chi connectivity index (χ4v) is 4.14. The number of likely N-dealkylation sites (N-methyl/N-ethyl adjacent to an activating group) is 1. The van der Waals surface area contributed by atoms with Gasteiger partial charge in [-0.2, -0.15) is 0 Å². The molecule has 0 atom stereocenters. The van der Waals surface area contributed by atoms with Crippen LogP contribution in [0.4, 0.5) is 10.1 Å². The van der Waals surface area contributed by atoms with Crippen LogP contribution in [0.2, 0.25) is 0 Å². The van der Waals surface area contributed by atoms with E-state index in [1.54, 1.807) is 17.0 Å². The van der Waals surface area contributed by atoms with Gasteiger partial charge in [-0.1, -0.05) is 30.0 Å². The number of carbonyl (C=O) groups excluding carboxylic acids is 1. The Morgan fingerprint density at radius 2 is 2.09 bits per heavy atom. The van der Waals surface area contributed by atoms with Crippen LogP contribution in [-0.4, -0.2) is 34.8 Å². The summed E-state index contributed by atoms with van der Waals surface area (Å²) in [6, 6.07) is 5.15. The van der Waals surface area contributed by atoms with Crippen molar-refractivity contribution in [2.24, 2.45) is 0 Å². The Morgan fingerprint density at radius 1 is 1.36 bits per heavy atom. The van der Waals surface area contributed by atoms with Gasteiger partial charge in [-0.25, -0.2) is 4.39 Å². The van der Waals surface area contributed by atoms with Crippen molar-refractivity contribution in [3.05, 3.63) is 34.5 Å². The highest BCUT2D eigenvalue weighted by atomic mass is 32.2. The maximum absolute atomic E-state index is 14.3. The number of anilines is 1. The molecule has 0 radical (unpaired) electrons. The highest BCUT2D eigenvalue weighted by Gasteiger charge is 2.30. The molecule has 0 N–H and O–H groups in total. The van der Waals surface area contributed by atoms with Crippen LogP contribution in [0, 0.1) is 5.82 Å². The van der Waals surface area contributed by atoms with E-state index in [0.29, 0.717) is 27.0 Å². The van der Waals surface area contributed by atoms with Crippen molar-refractivity contribution in [1.82, 2.24) is 4.90 Å². The van der Waals surface area contributed by atoms with Crippen molar-refractivity contribution in [2.45, 2.75) is 19.8 Å². The molecule has 0 spiro atoms. The first kappa shape index (κ1) is 15.5. The summed E-state index contributed by atoms with van der Waals surface area (Å²) in [6.45, 7) is 4.26. The Bertz CT molecular complexity index is 654. The van der Waals surface area contributed by atoms with Crippen molar-refractivity contribution < 1.29 is 9.18 Å². The monoisotopic (exact) mass is 336 g/mol. The number of rotatable bonds is 3. The first-order valence-electron chi connectivity index (χ1n) is 7.40. The Hall–Kier alpha value is -1.40. The molecule has 0 unspecified atom stereocenters. The molecular weight excluding hydrogens is 319 g/mol. The summed E-state index contributed by atoms with van der Waals surface area (Å²) >= 11 is 6.45. The Kier molecular flexibility index (Phi) is 4.49. The van der Waals surface area contributed by atoms with Crippen LogP contribution in [0.1, 0.15) is 25.3 Å². The van der Waals surface area contributed by atoms with Crippen LogP contribution in [0.15, 0.2) is 23.1 Å². The molecule has 116 valence electrons. The first-order valence-corrected chi connectivity index (χ1v) is 8.62. The van der Waals surface area contributed by atoms with E-state index >= 15 is 0 Å². The number of thioether (sulfide) groups is 1. The molecule has 1 aromatic rings. The summed E-state index contributed by atoms with van der Waals surface area (Å²) in [5.41, 5.74) is 1.34. The summed E-state index contributed by atoms with van der Waals surface area (Å²) in [7, 11) is 0. The lowest BCUT2D eigenvalue weighted by Gasteiger charge is -2.18. The second-order valence-corrected chi connectivity index (χ2v) is 7.01. The van der Waals surface area contributed by atoms with Gasteiger partial charge in [0.15, 0.2) is 0 Å². The summed E-state index contributed by atoms with van der Waals surface area (Å²) < 4.78 is 14.9. The highest BCUT2D eigenvalue weighted by molar-refractivity contribution is 8.26. The fraction of sp³-hybridized carbons (Fsp3) is 0.375. The predicted octanol–water partition coefficient (Wildman–Crippen LogP) is 3.65. The van der Waals surface area contributed by atoms with Crippen molar-refractivity contribution in [1.29, 1.82) is 0 Å². The molecule has 2 heterocycles. The minimum atomic E-state index is -0.235. The van der Waals surface area contributed by atoms with Crippen LogP contribution in [0.3, 0.4) is 0 Å². The quantitative estimate of drug-likeness (QED) is 0.621. The summed E-state index contributed by atoms with van der Waals surface area (Å²) in [5.74, 6) is -0.330. The van der Waals surface area contributed by atoms with E-state index in [4.69, 9.17) is 12.2 Å². The molecule has 0 saturated carbocycles. The van der Waals surface area contributed by atoms with Gasteiger partial charge in [0.25, 0.3) is 5.91 Å². The standard InChI is InChI=1S/C16H17FN2OS2/c1-2-19-15(20)14(22-16(19)21)10-11-5-6-13(12(17)9-11)18-7-3-4-8-18/h5-6,9-10H,2-4,7-8H2,1H3/b14-10-. The molecular formula is C16H17FN2OS2. The summed E-state index contributed by atoms with van der Waals surface area (Å²) in [5, 5.41) is 0. The molecule has 6 heteroatoms. The molecule has 0 aliphatic carbocycles. The molecule has 2 fully saturated rings. The third-order valence-electron chi connectivity index (χ3n) is 3.91.